The fourth-order valence-electron chi connectivity index (χ4n) is 2.56. The fraction of sp³-hybridized carbons (Fsp3) is 0. The van der Waals surface area contributed by atoms with Gasteiger partial charge in [-0.15, -0.1) is 0 Å². The minimum absolute atomic E-state index is 0.299. The molecule has 0 saturated carbocycles. The molecule has 0 aliphatic carbocycles. The van der Waals surface area contributed by atoms with Crippen molar-refractivity contribution in [1.29, 1.82) is 0 Å². The molecule has 4 rings (SSSR count). The van der Waals surface area contributed by atoms with Crippen LogP contribution in [0, 0.1) is 11.6 Å². The zero-order chi connectivity index (χ0) is 19.3. The molecule has 0 atom stereocenters. The third-order valence-corrected chi connectivity index (χ3v) is 3.95. The van der Waals surface area contributed by atoms with Gasteiger partial charge in [-0.3, -0.25) is 0 Å². The van der Waals surface area contributed by atoms with Gasteiger partial charge in [-0.05, 0) is 72.8 Å². The smallest absolute Gasteiger partial charge is 0.147 e. The van der Waals surface area contributed by atoms with Crippen molar-refractivity contribution in [3.05, 3.63) is 96.0 Å². The minimum Gasteiger partial charge on any atom is -0.455 e. The number of rotatable bonds is 5. The molecule has 0 saturated heterocycles. The maximum Gasteiger partial charge on any atom is 0.147 e. The lowest BCUT2D eigenvalue weighted by molar-refractivity contribution is 0.573. The van der Waals surface area contributed by atoms with Gasteiger partial charge in [0.05, 0.1) is 12.4 Å². The van der Waals surface area contributed by atoms with Crippen molar-refractivity contribution in [2.24, 2.45) is 10.2 Å². The van der Waals surface area contributed by atoms with E-state index in [1.54, 1.807) is 48.5 Å². The molecule has 6 heteroatoms. The number of halogens is 2. The van der Waals surface area contributed by atoms with Crippen molar-refractivity contribution < 1.29 is 17.6 Å². The van der Waals surface area contributed by atoms with E-state index in [1.165, 1.54) is 36.7 Å². The summed E-state index contributed by atoms with van der Waals surface area (Å²) in [6, 6.07) is 19.1. The lowest BCUT2D eigenvalue weighted by Gasteiger charge is -1.95. The second-order valence-corrected chi connectivity index (χ2v) is 5.91. The highest BCUT2D eigenvalue weighted by molar-refractivity contribution is 5.80. The summed E-state index contributed by atoms with van der Waals surface area (Å²) in [5, 5.41) is 7.87. The lowest BCUT2D eigenvalue weighted by atomic mass is 10.2. The van der Waals surface area contributed by atoms with E-state index >= 15 is 0 Å². The van der Waals surface area contributed by atoms with Gasteiger partial charge in [0, 0.05) is 11.1 Å². The molecular weight excluding hydrogens is 362 g/mol. The Morgan fingerprint density at radius 1 is 0.536 bits per heavy atom. The Hall–Kier alpha value is -3.80. The molecule has 0 radical (unpaired) electrons. The maximum atomic E-state index is 13.0. The van der Waals surface area contributed by atoms with E-state index in [0.29, 0.717) is 23.0 Å². The van der Waals surface area contributed by atoms with Gasteiger partial charge in [0.15, 0.2) is 0 Å². The second kappa shape index (κ2) is 7.84. The second-order valence-electron chi connectivity index (χ2n) is 5.91. The van der Waals surface area contributed by atoms with Gasteiger partial charge in [0.1, 0.15) is 34.7 Å². The predicted molar refractivity (Wildman–Crippen MR) is 103 cm³/mol. The highest BCUT2D eigenvalue weighted by atomic mass is 19.1. The molecule has 2 aromatic heterocycles. The average molecular weight is 376 g/mol. The van der Waals surface area contributed by atoms with Crippen molar-refractivity contribution in [1.82, 2.24) is 0 Å². The Bertz CT molecular complexity index is 1030. The van der Waals surface area contributed by atoms with Crippen LogP contribution in [0.4, 0.5) is 8.78 Å². The first-order chi connectivity index (χ1) is 13.7. The van der Waals surface area contributed by atoms with E-state index in [4.69, 9.17) is 8.83 Å². The molecule has 0 N–H and O–H groups in total. The summed E-state index contributed by atoms with van der Waals surface area (Å²) in [5.74, 6) is 1.66. The van der Waals surface area contributed by atoms with E-state index in [0.717, 1.165) is 11.1 Å². The van der Waals surface area contributed by atoms with Gasteiger partial charge in [-0.1, -0.05) is 0 Å². The summed E-state index contributed by atoms with van der Waals surface area (Å²) in [6.45, 7) is 0. The van der Waals surface area contributed by atoms with Gasteiger partial charge >= 0.3 is 0 Å². The molecule has 4 nitrogen and oxygen atoms in total. The molecule has 0 unspecified atom stereocenters. The molecule has 0 fully saturated rings. The summed E-state index contributed by atoms with van der Waals surface area (Å²) in [5.41, 5.74) is 1.54. The highest BCUT2D eigenvalue weighted by Crippen LogP contribution is 2.22. The number of benzene rings is 2. The third kappa shape index (κ3) is 4.12. The van der Waals surface area contributed by atoms with E-state index in [1.807, 2.05) is 0 Å². The Balaban J connectivity index is 1.40. The Morgan fingerprint density at radius 2 is 0.929 bits per heavy atom. The Morgan fingerprint density at radius 3 is 1.32 bits per heavy atom. The number of furan rings is 2. The molecule has 4 aromatic rings. The standard InChI is InChI=1S/C22H14F2N2O2/c23-17-5-1-15(2-6-17)21-11-9-19(27-21)13-25-26-14-20-10-12-22(28-20)16-3-7-18(24)8-4-16/h1-14H/b25-13+,26-14+. The minimum atomic E-state index is -0.299. The van der Waals surface area contributed by atoms with Crippen LogP contribution in [0.25, 0.3) is 22.6 Å². The van der Waals surface area contributed by atoms with E-state index in [2.05, 4.69) is 10.2 Å². The predicted octanol–water partition coefficient (Wildman–Crippen LogP) is 5.94. The van der Waals surface area contributed by atoms with E-state index < -0.39 is 0 Å². The van der Waals surface area contributed by atoms with Crippen LogP contribution in [0.5, 0.6) is 0 Å². The quantitative estimate of drug-likeness (QED) is 0.320. The van der Waals surface area contributed by atoms with Gasteiger partial charge < -0.3 is 8.83 Å². The van der Waals surface area contributed by atoms with Crippen LogP contribution >= 0.6 is 0 Å². The molecule has 138 valence electrons. The fourth-order valence-corrected chi connectivity index (χ4v) is 2.56. The number of hydrogen-bond donors (Lipinski definition) is 0. The van der Waals surface area contributed by atoms with E-state index in [-0.39, 0.29) is 11.6 Å². The van der Waals surface area contributed by atoms with Crippen LogP contribution in [-0.2, 0) is 0 Å². The first-order valence-corrected chi connectivity index (χ1v) is 8.45. The monoisotopic (exact) mass is 376 g/mol. The molecular formula is C22H14F2N2O2. The van der Waals surface area contributed by atoms with Crippen LogP contribution in [-0.4, -0.2) is 12.4 Å². The summed E-state index contributed by atoms with van der Waals surface area (Å²) in [4.78, 5) is 0. The zero-order valence-electron chi connectivity index (χ0n) is 14.5. The molecule has 0 aliphatic rings. The van der Waals surface area contributed by atoms with Crippen molar-refractivity contribution in [3.63, 3.8) is 0 Å². The third-order valence-electron chi connectivity index (χ3n) is 3.95. The summed E-state index contributed by atoms with van der Waals surface area (Å²) < 4.78 is 37.2. The van der Waals surface area contributed by atoms with Crippen molar-refractivity contribution in [2.45, 2.75) is 0 Å². The SMILES string of the molecule is Fc1ccc(-c2ccc(/C=N/N=C/c3ccc(-c4ccc(F)cc4)o3)o2)cc1. The van der Waals surface area contributed by atoms with Crippen LogP contribution < -0.4 is 0 Å². The number of hydrogen-bond acceptors (Lipinski definition) is 4. The average Bonchev–Trinajstić information content (AvgIpc) is 3.36. The highest BCUT2D eigenvalue weighted by Gasteiger charge is 2.04. The lowest BCUT2D eigenvalue weighted by Crippen LogP contribution is -1.77. The van der Waals surface area contributed by atoms with Crippen LogP contribution in [0.15, 0.2) is 91.8 Å². The molecule has 0 spiro atoms. The van der Waals surface area contributed by atoms with Gasteiger partial charge in [0.2, 0.25) is 0 Å². The first-order valence-electron chi connectivity index (χ1n) is 8.45. The van der Waals surface area contributed by atoms with Crippen LogP contribution in [0.2, 0.25) is 0 Å². The summed E-state index contributed by atoms with van der Waals surface area (Å²) in [7, 11) is 0. The van der Waals surface area contributed by atoms with Crippen molar-refractivity contribution in [2.75, 3.05) is 0 Å². The molecule has 2 heterocycles. The zero-order valence-corrected chi connectivity index (χ0v) is 14.5. The van der Waals surface area contributed by atoms with Crippen LogP contribution in [0.1, 0.15) is 11.5 Å². The number of nitrogens with zero attached hydrogens (tertiary/aromatic N) is 2. The molecule has 28 heavy (non-hydrogen) atoms. The van der Waals surface area contributed by atoms with Gasteiger partial charge in [0.25, 0.3) is 0 Å². The van der Waals surface area contributed by atoms with E-state index in [9.17, 15) is 8.78 Å². The molecule has 2 aromatic carbocycles. The van der Waals surface area contributed by atoms with Crippen molar-refractivity contribution >= 4 is 12.4 Å². The molecule has 0 amide bonds. The first kappa shape index (κ1) is 17.6. The maximum absolute atomic E-state index is 13.0. The summed E-state index contributed by atoms with van der Waals surface area (Å²) in [6.07, 6.45) is 2.93. The Labute approximate surface area is 159 Å². The van der Waals surface area contributed by atoms with Crippen LogP contribution in [0.3, 0.4) is 0 Å². The molecule has 0 aliphatic heterocycles. The Kier molecular flexibility index (Phi) is 4.93. The largest absolute Gasteiger partial charge is 0.455 e. The van der Waals surface area contributed by atoms with Gasteiger partial charge in [-0.25, -0.2) is 8.78 Å². The summed E-state index contributed by atoms with van der Waals surface area (Å²) >= 11 is 0. The molecule has 0 bridgehead atoms. The normalized spacial score (nSPS) is 11.6. The topological polar surface area (TPSA) is 51.0 Å². The van der Waals surface area contributed by atoms with Gasteiger partial charge in [-0.2, -0.15) is 10.2 Å². The van der Waals surface area contributed by atoms with Crippen molar-refractivity contribution in [3.8, 4) is 22.6 Å².